The van der Waals surface area contributed by atoms with E-state index in [1.54, 1.807) is 24.0 Å². The number of ketones is 1. The van der Waals surface area contributed by atoms with Crippen LogP contribution in [0.3, 0.4) is 0 Å². The maximum Gasteiger partial charge on any atom is 0.319 e. The van der Waals surface area contributed by atoms with Crippen LogP contribution in [0.1, 0.15) is 76.8 Å². The molecule has 3 saturated heterocycles. The third kappa shape index (κ3) is 9.70. The van der Waals surface area contributed by atoms with E-state index in [9.17, 15) is 43.1 Å². The van der Waals surface area contributed by atoms with Crippen LogP contribution in [0.4, 0.5) is 14.9 Å². The molecule has 318 valence electrons. The summed E-state index contributed by atoms with van der Waals surface area (Å²) in [7, 11) is 0. The largest absolute Gasteiger partial charge is 0.391 e. The van der Waals surface area contributed by atoms with Crippen molar-refractivity contribution in [2.45, 2.75) is 121 Å². The molecular weight excluding hydrogens is 785 g/mol. The molecule has 0 bridgehead atoms. The van der Waals surface area contributed by atoms with E-state index in [0.717, 1.165) is 11.6 Å². The van der Waals surface area contributed by atoms with Crippen LogP contribution in [0, 0.1) is 18.7 Å². The third-order valence-electron chi connectivity index (χ3n) is 11.8. The number of carbonyl (C=O) groups excluding carboxylic acids is 7. The van der Waals surface area contributed by atoms with Gasteiger partial charge in [-0.3, -0.25) is 28.8 Å². The van der Waals surface area contributed by atoms with Gasteiger partial charge in [-0.25, -0.2) is 9.18 Å². The number of anilines is 1. The number of aliphatic hydroxyl groups is 1. The van der Waals surface area contributed by atoms with Gasteiger partial charge in [-0.05, 0) is 89.0 Å². The normalized spacial score (nSPS) is 24.6. The summed E-state index contributed by atoms with van der Waals surface area (Å²) in [4.78, 5) is 99.5. The van der Waals surface area contributed by atoms with Crippen molar-refractivity contribution in [1.82, 2.24) is 30.7 Å². The standard InChI is InChI=1S/C42H53ClFN7O8/c1-23-9-7-10-27(17-23)18-31(47-41(59)46-30-14-13-28(43)19-29(30)44)36(54)48-35(26(4)52)40(58)50-16-8-12-33(50)39(57)49-15-6-5-11-32(49)37(55)45-25(3)38(56)51-22-24(2)20-42(51)21-34(42)53/h7,9-10,13-14,17,19,24-26,31-33,35,52H,5-6,8,11-12,15-16,18,20-22H2,1-4H3,(H,45,55)(H,48,54)(H2,46,47,59)/t24-,25+,26+,31+,32+,33+,35+,42-/m1/s1. The second-order valence-electron chi connectivity index (χ2n) is 16.5. The van der Waals surface area contributed by atoms with E-state index in [1.807, 2.05) is 26.0 Å². The van der Waals surface area contributed by atoms with Crippen LogP contribution < -0.4 is 21.3 Å². The van der Waals surface area contributed by atoms with E-state index >= 15 is 0 Å². The van der Waals surface area contributed by atoms with Crippen LogP contribution in [-0.2, 0) is 35.2 Å². The predicted octanol–water partition coefficient (Wildman–Crippen LogP) is 2.84. The fourth-order valence-corrected chi connectivity index (χ4v) is 8.92. The molecule has 0 radical (unpaired) electrons. The summed E-state index contributed by atoms with van der Waals surface area (Å²) in [6.45, 7) is 7.59. The fraction of sp³-hybridized carbons (Fsp3) is 0.548. The number of likely N-dealkylation sites (tertiary alicyclic amines) is 3. The van der Waals surface area contributed by atoms with Crippen LogP contribution in [-0.4, -0.2) is 123 Å². The zero-order valence-corrected chi connectivity index (χ0v) is 34.5. The molecule has 4 aliphatic rings. The number of nitrogens with one attached hydrogen (secondary N) is 4. The van der Waals surface area contributed by atoms with Crippen molar-refractivity contribution < 1.29 is 43.1 Å². The molecule has 1 aliphatic carbocycles. The lowest BCUT2D eigenvalue weighted by molar-refractivity contribution is -0.152. The summed E-state index contributed by atoms with van der Waals surface area (Å²) in [5.74, 6) is -3.42. The fourth-order valence-electron chi connectivity index (χ4n) is 8.76. The Balaban J connectivity index is 1.13. The van der Waals surface area contributed by atoms with Gasteiger partial charge >= 0.3 is 6.03 Å². The number of carbonyl (C=O) groups is 7. The lowest BCUT2D eigenvalue weighted by Gasteiger charge is -2.39. The molecule has 17 heteroatoms. The number of amides is 7. The zero-order chi connectivity index (χ0) is 42.8. The number of piperidine rings is 1. The number of hydrogen-bond acceptors (Lipinski definition) is 8. The van der Waals surface area contributed by atoms with E-state index in [4.69, 9.17) is 11.6 Å². The number of Topliss-reactive ketones (excluding diaryl/α,β-unsaturated/α-hetero) is 1. The highest BCUT2D eigenvalue weighted by Crippen LogP contribution is 2.48. The first kappa shape index (κ1) is 43.5. The molecule has 2 aromatic rings. The van der Waals surface area contributed by atoms with Crippen molar-refractivity contribution in [1.29, 1.82) is 0 Å². The Morgan fingerprint density at radius 3 is 2.32 bits per heavy atom. The van der Waals surface area contributed by atoms with E-state index in [0.29, 0.717) is 50.6 Å². The number of urea groups is 1. The van der Waals surface area contributed by atoms with Crippen molar-refractivity contribution in [3.63, 3.8) is 0 Å². The highest BCUT2D eigenvalue weighted by Gasteiger charge is 2.63. The average Bonchev–Trinajstić information content (AvgIpc) is 3.46. The Morgan fingerprint density at radius 1 is 0.932 bits per heavy atom. The molecule has 2 aromatic carbocycles. The molecule has 7 amide bonds. The van der Waals surface area contributed by atoms with Gasteiger partial charge in [-0.1, -0.05) is 48.4 Å². The average molecular weight is 838 g/mol. The van der Waals surface area contributed by atoms with E-state index in [-0.39, 0.29) is 54.2 Å². The molecule has 0 aromatic heterocycles. The lowest BCUT2D eigenvalue weighted by atomic mass is 9.99. The Morgan fingerprint density at radius 2 is 1.64 bits per heavy atom. The number of halogens is 2. The van der Waals surface area contributed by atoms with Crippen LogP contribution in [0.2, 0.25) is 5.02 Å². The predicted molar refractivity (Wildman–Crippen MR) is 215 cm³/mol. The molecule has 15 nitrogen and oxygen atoms in total. The Labute approximate surface area is 347 Å². The number of aliphatic hydroxyl groups excluding tert-OH is 1. The molecule has 5 N–H and O–H groups in total. The maximum absolute atomic E-state index is 14.5. The minimum absolute atomic E-state index is 0.0195. The zero-order valence-electron chi connectivity index (χ0n) is 33.8. The molecule has 4 fully saturated rings. The van der Waals surface area contributed by atoms with Gasteiger partial charge in [0, 0.05) is 37.5 Å². The van der Waals surface area contributed by atoms with E-state index < -0.39 is 77.3 Å². The molecular formula is C42H53ClFN7O8. The Kier molecular flexibility index (Phi) is 13.3. The maximum atomic E-state index is 14.5. The van der Waals surface area contributed by atoms with Crippen molar-refractivity contribution in [2.24, 2.45) is 5.92 Å². The van der Waals surface area contributed by atoms with Crippen molar-refractivity contribution in [3.8, 4) is 0 Å². The summed E-state index contributed by atoms with van der Waals surface area (Å²) >= 11 is 5.84. The minimum atomic E-state index is -1.52. The summed E-state index contributed by atoms with van der Waals surface area (Å²) in [6.07, 6.45) is 1.86. The SMILES string of the molecule is Cc1cccc(C[C@H](NC(=O)Nc2ccc(Cl)cc2F)C(=O)N[C@H](C(=O)N2CCC[C@H]2C(=O)N2CCCC[C@H]2C(=O)N[C@@H](C)C(=O)N2C[C@H](C)C[C@]23CC3=O)[C@H](C)O)c1. The molecule has 0 unspecified atom stereocenters. The molecule has 3 heterocycles. The van der Waals surface area contributed by atoms with Crippen LogP contribution in [0.25, 0.3) is 0 Å². The number of benzene rings is 2. The summed E-state index contributed by atoms with van der Waals surface area (Å²) in [5, 5.41) is 21.3. The molecule has 1 spiro atoms. The van der Waals surface area contributed by atoms with Gasteiger partial charge in [0.25, 0.3) is 0 Å². The van der Waals surface area contributed by atoms with Gasteiger partial charge in [0.05, 0.1) is 11.8 Å². The van der Waals surface area contributed by atoms with Gasteiger partial charge in [0.2, 0.25) is 29.5 Å². The molecule has 1 saturated carbocycles. The topological polar surface area (TPSA) is 198 Å². The van der Waals surface area contributed by atoms with Crippen LogP contribution in [0.15, 0.2) is 42.5 Å². The summed E-state index contributed by atoms with van der Waals surface area (Å²) in [6, 6.07) is 4.39. The van der Waals surface area contributed by atoms with Gasteiger partial charge in [-0.15, -0.1) is 0 Å². The number of nitrogens with zero attached hydrogens (tertiary/aromatic N) is 3. The summed E-state index contributed by atoms with van der Waals surface area (Å²) in [5.41, 5.74) is 0.629. The molecule has 8 atom stereocenters. The van der Waals surface area contributed by atoms with E-state index in [2.05, 4.69) is 21.3 Å². The Hall–Kier alpha value is -5.09. The number of rotatable bonds is 12. The first-order valence-corrected chi connectivity index (χ1v) is 20.7. The van der Waals surface area contributed by atoms with Crippen molar-refractivity contribution >= 4 is 58.6 Å². The van der Waals surface area contributed by atoms with Crippen LogP contribution in [0.5, 0.6) is 0 Å². The smallest absolute Gasteiger partial charge is 0.319 e. The van der Waals surface area contributed by atoms with Gasteiger partial charge < -0.3 is 41.1 Å². The second kappa shape index (κ2) is 18.0. The molecule has 6 rings (SSSR count). The van der Waals surface area contributed by atoms with E-state index in [1.165, 1.54) is 28.9 Å². The highest BCUT2D eigenvalue weighted by atomic mass is 35.5. The van der Waals surface area contributed by atoms with Gasteiger partial charge in [-0.2, -0.15) is 0 Å². The number of aryl methyl sites for hydroxylation is 1. The quantitative estimate of drug-likeness (QED) is 0.215. The number of hydrogen-bond donors (Lipinski definition) is 5. The minimum Gasteiger partial charge on any atom is -0.391 e. The summed E-state index contributed by atoms with van der Waals surface area (Å²) < 4.78 is 14.5. The van der Waals surface area contributed by atoms with Crippen LogP contribution >= 0.6 is 11.6 Å². The first-order chi connectivity index (χ1) is 28.0. The van der Waals surface area contributed by atoms with Crippen molar-refractivity contribution in [3.05, 3.63) is 64.4 Å². The molecule has 59 heavy (non-hydrogen) atoms. The highest BCUT2D eigenvalue weighted by molar-refractivity contribution is 6.30. The lowest BCUT2D eigenvalue weighted by Crippen LogP contribution is -2.62. The third-order valence-corrected chi connectivity index (χ3v) is 12.1. The Bertz CT molecular complexity index is 2000. The first-order valence-electron chi connectivity index (χ1n) is 20.3. The monoisotopic (exact) mass is 837 g/mol. The van der Waals surface area contributed by atoms with Gasteiger partial charge in [0.1, 0.15) is 41.6 Å². The second-order valence-corrected chi connectivity index (χ2v) is 17.0. The van der Waals surface area contributed by atoms with Crippen molar-refractivity contribution in [2.75, 3.05) is 25.0 Å². The molecule has 3 aliphatic heterocycles. The van der Waals surface area contributed by atoms with Gasteiger partial charge in [0.15, 0.2) is 5.78 Å².